The van der Waals surface area contributed by atoms with Crippen LogP contribution in [0.5, 0.6) is 5.88 Å². The van der Waals surface area contributed by atoms with Gasteiger partial charge in [0.15, 0.2) is 11.5 Å². The van der Waals surface area contributed by atoms with Gasteiger partial charge in [0.2, 0.25) is 5.88 Å². The van der Waals surface area contributed by atoms with Gasteiger partial charge in [0.05, 0.1) is 25.0 Å². The Morgan fingerprint density at radius 3 is 2.97 bits per heavy atom. The number of hydroxylamine groups is 1. The van der Waals surface area contributed by atoms with Crippen molar-refractivity contribution in [2.24, 2.45) is 0 Å². The number of aromatic nitrogens is 4. The topological polar surface area (TPSA) is 93.9 Å². The second-order valence-corrected chi connectivity index (χ2v) is 7.38. The molecule has 9 nitrogen and oxygen atoms in total. The van der Waals surface area contributed by atoms with Crippen LogP contribution in [0.4, 0.5) is 10.2 Å². The van der Waals surface area contributed by atoms with Gasteiger partial charge in [0, 0.05) is 24.9 Å². The second-order valence-electron chi connectivity index (χ2n) is 7.38. The van der Waals surface area contributed by atoms with Gasteiger partial charge in [-0.1, -0.05) is 0 Å². The first-order valence-electron chi connectivity index (χ1n) is 10.0. The standard InChI is InChI=1S/C20H21FN6O3/c21-13-5-6-18(22-11-13)30-16-4-1-3-15(16)24-20(28)14-12-23-26-9-7-17(25-19(14)26)27-8-2-10-29-27/h5-7,9,11-12,15-16H,1-4,8,10H2,(H,24,28)/t15-,16+/m1/s1. The van der Waals surface area contributed by atoms with Gasteiger partial charge < -0.3 is 10.1 Å². The zero-order valence-corrected chi connectivity index (χ0v) is 16.2. The van der Waals surface area contributed by atoms with Crippen molar-refractivity contribution >= 4 is 17.4 Å². The lowest BCUT2D eigenvalue weighted by molar-refractivity contribution is 0.0892. The molecular formula is C20H21FN6O3. The Morgan fingerprint density at radius 2 is 2.17 bits per heavy atom. The van der Waals surface area contributed by atoms with E-state index in [4.69, 9.17) is 9.57 Å². The van der Waals surface area contributed by atoms with Crippen LogP contribution in [0.2, 0.25) is 0 Å². The predicted octanol–water partition coefficient (Wildman–Crippen LogP) is 2.13. The average Bonchev–Trinajstić information content (AvgIpc) is 3.50. The molecule has 2 aliphatic rings. The van der Waals surface area contributed by atoms with E-state index in [9.17, 15) is 9.18 Å². The number of carbonyl (C=O) groups excluding carboxylic acids is 1. The number of amides is 1. The highest BCUT2D eigenvalue weighted by Gasteiger charge is 2.32. The lowest BCUT2D eigenvalue weighted by Crippen LogP contribution is -2.42. The maximum absolute atomic E-state index is 13.1. The van der Waals surface area contributed by atoms with Crippen molar-refractivity contribution in [1.82, 2.24) is 24.9 Å². The number of halogens is 1. The van der Waals surface area contributed by atoms with E-state index in [1.807, 2.05) is 6.07 Å². The van der Waals surface area contributed by atoms with Crippen LogP contribution in [-0.4, -0.2) is 50.8 Å². The largest absolute Gasteiger partial charge is 0.472 e. The Bertz CT molecular complexity index is 1050. The van der Waals surface area contributed by atoms with Crippen molar-refractivity contribution in [2.45, 2.75) is 37.8 Å². The number of pyridine rings is 1. The number of anilines is 1. The second kappa shape index (κ2) is 7.86. The third kappa shape index (κ3) is 3.65. The molecule has 0 spiro atoms. The van der Waals surface area contributed by atoms with Crippen LogP contribution in [0.1, 0.15) is 36.0 Å². The highest BCUT2D eigenvalue weighted by molar-refractivity contribution is 6.00. The van der Waals surface area contributed by atoms with Crippen LogP contribution < -0.4 is 15.1 Å². The summed E-state index contributed by atoms with van der Waals surface area (Å²) in [7, 11) is 0. The number of fused-ring (bicyclic) bond motifs is 1. The molecule has 1 saturated carbocycles. The molecule has 1 amide bonds. The summed E-state index contributed by atoms with van der Waals surface area (Å²) in [6.45, 7) is 1.42. The minimum Gasteiger partial charge on any atom is -0.472 e. The van der Waals surface area contributed by atoms with Crippen LogP contribution in [0.15, 0.2) is 36.8 Å². The molecule has 0 unspecified atom stereocenters. The Kier molecular flexibility index (Phi) is 4.91. The highest BCUT2D eigenvalue weighted by Crippen LogP contribution is 2.25. The Hall–Kier alpha value is -3.27. The zero-order chi connectivity index (χ0) is 20.5. The van der Waals surface area contributed by atoms with Gasteiger partial charge in [0.1, 0.15) is 17.5 Å². The Balaban J connectivity index is 1.32. The van der Waals surface area contributed by atoms with Crippen molar-refractivity contribution in [3.63, 3.8) is 0 Å². The molecule has 3 aromatic heterocycles. The average molecular weight is 412 g/mol. The maximum atomic E-state index is 13.1. The molecule has 2 atom stereocenters. The first kappa shape index (κ1) is 18.7. The van der Waals surface area contributed by atoms with Crippen LogP contribution in [-0.2, 0) is 4.84 Å². The van der Waals surface area contributed by atoms with Crippen LogP contribution in [0.3, 0.4) is 0 Å². The number of ether oxygens (including phenoxy) is 1. The molecule has 0 aromatic carbocycles. The van der Waals surface area contributed by atoms with Crippen molar-refractivity contribution in [1.29, 1.82) is 0 Å². The molecule has 3 aromatic rings. The third-order valence-corrected chi connectivity index (χ3v) is 5.35. The smallest absolute Gasteiger partial charge is 0.257 e. The van der Waals surface area contributed by atoms with Gasteiger partial charge in [-0.15, -0.1) is 0 Å². The van der Waals surface area contributed by atoms with Crippen molar-refractivity contribution < 1.29 is 18.8 Å². The van der Waals surface area contributed by atoms with Gasteiger partial charge in [-0.2, -0.15) is 5.10 Å². The fourth-order valence-corrected chi connectivity index (χ4v) is 3.85. The van der Waals surface area contributed by atoms with Gasteiger partial charge in [-0.05, 0) is 31.7 Å². The number of nitrogens with one attached hydrogen (secondary N) is 1. The SMILES string of the molecule is O=C(N[C@@H]1CCC[C@@H]1Oc1ccc(F)cn1)c1cnn2ccc(N3CCCO3)nc12. The van der Waals surface area contributed by atoms with Crippen LogP contribution >= 0.6 is 0 Å². The summed E-state index contributed by atoms with van der Waals surface area (Å²) in [5.74, 6) is 0.317. The highest BCUT2D eigenvalue weighted by atomic mass is 19.1. The predicted molar refractivity (Wildman–Crippen MR) is 105 cm³/mol. The lowest BCUT2D eigenvalue weighted by atomic mass is 10.2. The minimum absolute atomic E-state index is 0.176. The first-order valence-corrected chi connectivity index (χ1v) is 10.0. The Labute approximate surface area is 171 Å². The number of rotatable bonds is 5. The summed E-state index contributed by atoms with van der Waals surface area (Å²) < 4.78 is 20.5. The van der Waals surface area contributed by atoms with E-state index >= 15 is 0 Å². The molecular weight excluding hydrogens is 391 g/mol. The first-order chi connectivity index (χ1) is 14.7. The van der Waals surface area contributed by atoms with Crippen molar-refractivity contribution in [3.05, 3.63) is 48.2 Å². The molecule has 10 heteroatoms. The molecule has 1 aliphatic heterocycles. The number of nitrogens with zero attached hydrogens (tertiary/aromatic N) is 5. The summed E-state index contributed by atoms with van der Waals surface area (Å²) >= 11 is 0. The quantitative estimate of drug-likeness (QED) is 0.686. The van der Waals surface area contributed by atoms with E-state index in [0.717, 1.165) is 38.4 Å². The summed E-state index contributed by atoms with van der Waals surface area (Å²) in [6, 6.07) is 4.43. The van der Waals surface area contributed by atoms with Gasteiger partial charge >= 0.3 is 0 Å². The van der Waals surface area contributed by atoms with E-state index in [2.05, 4.69) is 20.4 Å². The summed E-state index contributed by atoms with van der Waals surface area (Å²) in [5.41, 5.74) is 0.859. The molecule has 4 heterocycles. The molecule has 0 bridgehead atoms. The lowest BCUT2D eigenvalue weighted by Gasteiger charge is -2.21. The van der Waals surface area contributed by atoms with Crippen molar-refractivity contribution in [2.75, 3.05) is 18.2 Å². The maximum Gasteiger partial charge on any atom is 0.257 e. The number of hydrogen-bond donors (Lipinski definition) is 1. The fourth-order valence-electron chi connectivity index (χ4n) is 3.85. The van der Waals surface area contributed by atoms with E-state index in [1.54, 1.807) is 15.8 Å². The molecule has 1 N–H and O–H groups in total. The molecule has 1 saturated heterocycles. The van der Waals surface area contributed by atoms with Gasteiger partial charge in [-0.25, -0.2) is 23.9 Å². The van der Waals surface area contributed by atoms with Gasteiger partial charge in [0.25, 0.3) is 5.91 Å². The number of carbonyl (C=O) groups is 1. The summed E-state index contributed by atoms with van der Waals surface area (Å²) in [5, 5.41) is 9.00. The monoisotopic (exact) mass is 412 g/mol. The zero-order valence-electron chi connectivity index (χ0n) is 16.2. The normalized spacial score (nSPS) is 21.3. The summed E-state index contributed by atoms with van der Waals surface area (Å²) in [6.07, 6.45) is 7.59. The van der Waals surface area contributed by atoms with Crippen LogP contribution in [0.25, 0.3) is 5.65 Å². The molecule has 156 valence electrons. The summed E-state index contributed by atoms with van der Waals surface area (Å²) in [4.78, 5) is 27.0. The Morgan fingerprint density at radius 1 is 1.23 bits per heavy atom. The van der Waals surface area contributed by atoms with E-state index in [-0.39, 0.29) is 18.1 Å². The van der Waals surface area contributed by atoms with Crippen LogP contribution in [0, 0.1) is 5.82 Å². The molecule has 2 fully saturated rings. The molecule has 5 rings (SSSR count). The molecule has 0 radical (unpaired) electrons. The van der Waals surface area contributed by atoms with Crippen molar-refractivity contribution in [3.8, 4) is 5.88 Å². The minimum atomic E-state index is -0.419. The number of hydrogen-bond acceptors (Lipinski definition) is 7. The van der Waals surface area contributed by atoms with Gasteiger partial charge in [-0.3, -0.25) is 9.63 Å². The van der Waals surface area contributed by atoms with E-state index < -0.39 is 5.82 Å². The molecule has 1 aliphatic carbocycles. The third-order valence-electron chi connectivity index (χ3n) is 5.35. The van der Waals surface area contributed by atoms with E-state index in [0.29, 0.717) is 29.5 Å². The van der Waals surface area contributed by atoms with E-state index in [1.165, 1.54) is 18.3 Å². The molecule has 30 heavy (non-hydrogen) atoms. The fraction of sp³-hybridized carbons (Fsp3) is 0.400.